The number of rotatable bonds is 9. The van der Waals surface area contributed by atoms with E-state index in [1.54, 1.807) is 4.90 Å². The second-order valence-corrected chi connectivity index (χ2v) is 8.45. The molecule has 31 heavy (non-hydrogen) atoms. The number of ether oxygens (including phenoxy) is 2. The molecule has 2 aromatic rings. The zero-order chi connectivity index (χ0) is 22.5. The fourth-order valence-electron chi connectivity index (χ4n) is 4.82. The highest BCUT2D eigenvalue weighted by atomic mass is 16.5. The molecule has 1 atom stereocenters. The van der Waals surface area contributed by atoms with Crippen LogP contribution in [-0.4, -0.2) is 30.7 Å². The third-order valence-electron chi connectivity index (χ3n) is 6.47. The van der Waals surface area contributed by atoms with Crippen LogP contribution in [0.25, 0.3) is 0 Å². The fraction of sp³-hybridized carbons (Fsp3) is 0.500. The van der Waals surface area contributed by atoms with E-state index in [0.29, 0.717) is 25.7 Å². The van der Waals surface area contributed by atoms with E-state index in [1.807, 2.05) is 40.7 Å². The van der Waals surface area contributed by atoms with E-state index in [0.717, 1.165) is 47.5 Å². The maximum atomic E-state index is 12.4. The molecule has 1 aliphatic carbocycles. The fourth-order valence-corrected chi connectivity index (χ4v) is 4.82. The first-order chi connectivity index (χ1) is 14.9. The molecule has 5 nitrogen and oxygen atoms in total. The van der Waals surface area contributed by atoms with Crippen molar-refractivity contribution in [3.05, 3.63) is 58.1 Å². The minimum absolute atomic E-state index is 0.166. The Balaban J connectivity index is 1.81. The van der Waals surface area contributed by atoms with Crippen molar-refractivity contribution in [3.63, 3.8) is 0 Å². The Hall–Kier alpha value is -2.69. The van der Waals surface area contributed by atoms with Crippen LogP contribution < -0.4 is 15.2 Å². The first-order valence-corrected chi connectivity index (χ1v) is 11.4. The van der Waals surface area contributed by atoms with Gasteiger partial charge in [-0.1, -0.05) is 24.3 Å². The number of carbonyl (C=O) groups is 1. The van der Waals surface area contributed by atoms with Gasteiger partial charge >= 0.3 is 6.03 Å². The van der Waals surface area contributed by atoms with Crippen molar-refractivity contribution < 1.29 is 14.3 Å². The maximum absolute atomic E-state index is 12.4. The van der Waals surface area contributed by atoms with Gasteiger partial charge in [0.15, 0.2) is 0 Å². The lowest BCUT2D eigenvalue weighted by Gasteiger charge is -2.31. The number of hydrogen-bond donors (Lipinski definition) is 1. The molecular weight excluding hydrogens is 388 g/mol. The van der Waals surface area contributed by atoms with E-state index >= 15 is 0 Å². The van der Waals surface area contributed by atoms with Gasteiger partial charge in [-0.05, 0) is 88.1 Å². The number of benzene rings is 2. The summed E-state index contributed by atoms with van der Waals surface area (Å²) >= 11 is 0. The molecule has 0 saturated heterocycles. The number of nitrogens with two attached hydrogens (primary N) is 1. The van der Waals surface area contributed by atoms with E-state index < -0.39 is 0 Å². The minimum atomic E-state index is -0.390. The van der Waals surface area contributed by atoms with Crippen molar-refractivity contribution >= 4 is 6.03 Å². The van der Waals surface area contributed by atoms with Gasteiger partial charge in [0, 0.05) is 12.1 Å². The molecule has 0 saturated carbocycles. The summed E-state index contributed by atoms with van der Waals surface area (Å²) in [6.07, 6.45) is 3.08. The highest BCUT2D eigenvalue weighted by Crippen LogP contribution is 2.39. The Morgan fingerprint density at radius 3 is 2.26 bits per heavy atom. The number of fused-ring (bicyclic) bond motifs is 1. The molecule has 0 radical (unpaired) electrons. The normalized spacial score (nSPS) is 14.2. The highest BCUT2D eigenvalue weighted by molar-refractivity contribution is 5.73. The predicted octanol–water partition coefficient (Wildman–Crippen LogP) is 5.35. The number of primary amides is 1. The van der Waals surface area contributed by atoms with E-state index in [1.165, 1.54) is 11.1 Å². The van der Waals surface area contributed by atoms with Crippen molar-refractivity contribution in [2.75, 3.05) is 19.8 Å². The zero-order valence-electron chi connectivity index (χ0n) is 19.5. The zero-order valence-corrected chi connectivity index (χ0v) is 19.5. The molecule has 0 spiro atoms. The first-order valence-electron chi connectivity index (χ1n) is 11.4. The van der Waals surface area contributed by atoms with E-state index in [9.17, 15) is 4.79 Å². The smallest absolute Gasteiger partial charge is 0.315 e. The SMILES string of the molecule is CCOc1cc(C(C)N(CCC2Cc3ccccc3C2)C(N)=O)c(C)c(OCC)c1C. The Morgan fingerprint density at radius 1 is 1.10 bits per heavy atom. The molecule has 0 heterocycles. The molecule has 1 unspecified atom stereocenters. The van der Waals surface area contributed by atoms with Crippen molar-refractivity contribution in [2.45, 2.75) is 59.9 Å². The van der Waals surface area contributed by atoms with Crippen LogP contribution >= 0.6 is 0 Å². The quantitative estimate of drug-likeness (QED) is 0.590. The average Bonchev–Trinajstić information content (AvgIpc) is 3.16. The second-order valence-electron chi connectivity index (χ2n) is 8.45. The molecule has 3 rings (SSSR count). The average molecular weight is 425 g/mol. The molecule has 0 bridgehead atoms. The molecule has 5 heteroatoms. The van der Waals surface area contributed by atoms with Crippen LogP contribution in [0.5, 0.6) is 11.5 Å². The lowest BCUT2D eigenvalue weighted by Crippen LogP contribution is -2.39. The topological polar surface area (TPSA) is 64.8 Å². The number of carbonyl (C=O) groups excluding carboxylic acids is 1. The summed E-state index contributed by atoms with van der Waals surface area (Å²) in [5.41, 5.74) is 11.8. The third kappa shape index (κ3) is 4.97. The molecule has 2 amide bonds. The summed E-state index contributed by atoms with van der Waals surface area (Å²) < 4.78 is 11.8. The molecule has 0 fully saturated rings. The lowest BCUT2D eigenvalue weighted by molar-refractivity contribution is 0.182. The van der Waals surface area contributed by atoms with Gasteiger partial charge in [-0.25, -0.2) is 4.79 Å². The van der Waals surface area contributed by atoms with Gasteiger partial charge in [-0.3, -0.25) is 0 Å². The van der Waals surface area contributed by atoms with Crippen molar-refractivity contribution in [1.82, 2.24) is 4.90 Å². The van der Waals surface area contributed by atoms with Crippen molar-refractivity contribution in [3.8, 4) is 11.5 Å². The number of urea groups is 1. The second kappa shape index (κ2) is 10.1. The monoisotopic (exact) mass is 424 g/mol. The molecule has 1 aliphatic rings. The van der Waals surface area contributed by atoms with Crippen LogP contribution in [0.15, 0.2) is 30.3 Å². The first kappa shape index (κ1) is 23.0. The van der Waals surface area contributed by atoms with Gasteiger partial charge in [0.1, 0.15) is 11.5 Å². The van der Waals surface area contributed by atoms with Crippen LogP contribution in [0.4, 0.5) is 4.79 Å². The molecule has 0 aliphatic heterocycles. The van der Waals surface area contributed by atoms with Crippen LogP contribution in [0.1, 0.15) is 61.1 Å². The maximum Gasteiger partial charge on any atom is 0.315 e. The van der Waals surface area contributed by atoms with Crippen LogP contribution in [0.3, 0.4) is 0 Å². The summed E-state index contributed by atoms with van der Waals surface area (Å²) in [7, 11) is 0. The van der Waals surface area contributed by atoms with Crippen LogP contribution in [-0.2, 0) is 12.8 Å². The number of nitrogens with zero attached hydrogens (tertiary/aromatic N) is 1. The summed E-state index contributed by atoms with van der Waals surface area (Å²) in [5, 5.41) is 0. The summed E-state index contributed by atoms with van der Waals surface area (Å²) in [6.45, 7) is 11.8. The van der Waals surface area contributed by atoms with Gasteiger partial charge in [0.25, 0.3) is 0 Å². The molecule has 0 aromatic heterocycles. The Morgan fingerprint density at radius 2 is 1.71 bits per heavy atom. The minimum Gasteiger partial charge on any atom is -0.493 e. The summed E-state index contributed by atoms with van der Waals surface area (Å²) in [5.74, 6) is 2.18. The Bertz CT molecular complexity index is 900. The van der Waals surface area contributed by atoms with Crippen molar-refractivity contribution in [2.24, 2.45) is 11.7 Å². The van der Waals surface area contributed by atoms with Gasteiger partial charge in [-0.2, -0.15) is 0 Å². The highest BCUT2D eigenvalue weighted by Gasteiger charge is 2.27. The van der Waals surface area contributed by atoms with Gasteiger partial charge in [-0.15, -0.1) is 0 Å². The van der Waals surface area contributed by atoms with E-state index in [4.69, 9.17) is 15.2 Å². The Labute approximate surface area is 186 Å². The van der Waals surface area contributed by atoms with E-state index in [2.05, 4.69) is 24.3 Å². The molecule has 168 valence electrons. The lowest BCUT2D eigenvalue weighted by atomic mass is 9.96. The van der Waals surface area contributed by atoms with Crippen LogP contribution in [0, 0.1) is 19.8 Å². The molecular formula is C26H36N2O3. The predicted molar refractivity (Wildman–Crippen MR) is 125 cm³/mol. The Kier molecular flexibility index (Phi) is 7.47. The third-order valence-corrected chi connectivity index (χ3v) is 6.47. The van der Waals surface area contributed by atoms with Gasteiger partial charge in [0.05, 0.1) is 19.3 Å². The molecule has 2 N–H and O–H groups in total. The van der Waals surface area contributed by atoms with E-state index in [-0.39, 0.29) is 12.1 Å². The largest absolute Gasteiger partial charge is 0.493 e. The molecule has 2 aromatic carbocycles. The van der Waals surface area contributed by atoms with Crippen molar-refractivity contribution in [1.29, 1.82) is 0 Å². The van der Waals surface area contributed by atoms with Gasteiger partial charge in [0.2, 0.25) is 0 Å². The standard InChI is InChI=1S/C26H36N2O3/c1-6-30-24-16-23(17(3)25(18(24)4)31-7-2)19(5)28(26(27)29)13-12-20-14-21-10-8-9-11-22(21)15-20/h8-11,16,19-20H,6-7,12-15H2,1-5H3,(H2,27,29). The van der Waals surface area contributed by atoms with Gasteiger partial charge < -0.3 is 20.1 Å². The summed E-state index contributed by atoms with van der Waals surface area (Å²) in [4.78, 5) is 14.2. The summed E-state index contributed by atoms with van der Waals surface area (Å²) in [6, 6.07) is 10.1. The van der Waals surface area contributed by atoms with Crippen LogP contribution in [0.2, 0.25) is 0 Å². The number of amides is 2. The number of hydrogen-bond acceptors (Lipinski definition) is 3.